The topological polar surface area (TPSA) is 82.5 Å². The summed E-state index contributed by atoms with van der Waals surface area (Å²) in [7, 11) is 0. The van der Waals surface area contributed by atoms with Crippen LogP contribution in [0.2, 0.25) is 0 Å². The van der Waals surface area contributed by atoms with Gasteiger partial charge in [-0.25, -0.2) is 9.97 Å². The molecule has 1 N–H and O–H groups in total. The molecule has 5 rings (SSSR count). The van der Waals surface area contributed by atoms with Gasteiger partial charge in [0.05, 0.1) is 17.5 Å². The summed E-state index contributed by atoms with van der Waals surface area (Å²) < 4.78 is 44.6. The molecule has 4 aromatic rings. The van der Waals surface area contributed by atoms with E-state index in [1.54, 1.807) is 26.1 Å². The number of halogens is 3. The van der Waals surface area contributed by atoms with Crippen molar-refractivity contribution in [3.8, 4) is 39.8 Å². The van der Waals surface area contributed by atoms with Gasteiger partial charge in [0.1, 0.15) is 11.5 Å². The minimum Gasteiger partial charge on any atom is -0.440 e. The number of rotatable bonds is 4. The molecule has 3 heterocycles. The Balaban J connectivity index is 1.67. The number of aliphatic hydroxyl groups is 1. The van der Waals surface area contributed by atoms with E-state index < -0.39 is 12.4 Å². The van der Waals surface area contributed by atoms with Gasteiger partial charge in [-0.15, -0.1) is 8.78 Å². The van der Waals surface area contributed by atoms with Crippen LogP contribution in [0.15, 0.2) is 51.5 Å². The SMILES string of the molecule is Cc1nc(-c2cc(Br)ccc2-n2cc(C(C)O)nc2C)c(-c2ccc3c(c2)OC(F)(F)O3)o1. The molecule has 2 aromatic carbocycles. The smallest absolute Gasteiger partial charge is 0.440 e. The van der Waals surface area contributed by atoms with Gasteiger partial charge in [0, 0.05) is 28.7 Å². The zero-order valence-electron chi connectivity index (χ0n) is 17.8. The van der Waals surface area contributed by atoms with Crippen LogP contribution in [0.5, 0.6) is 11.5 Å². The number of benzene rings is 2. The standard InChI is InChI=1S/C23H18BrF2N3O4/c1-11(30)17-10-29(12(2)27-17)18-6-5-15(24)9-16(18)21-22(31-13(3)28-21)14-4-7-19-20(8-14)33-23(25,26)32-19/h4-11,30H,1-3H3. The van der Waals surface area contributed by atoms with E-state index in [-0.39, 0.29) is 11.5 Å². The van der Waals surface area contributed by atoms with Gasteiger partial charge in [-0.1, -0.05) is 15.9 Å². The van der Waals surface area contributed by atoms with Crippen LogP contribution >= 0.6 is 15.9 Å². The van der Waals surface area contributed by atoms with Crippen molar-refractivity contribution in [2.45, 2.75) is 33.2 Å². The fourth-order valence-electron chi connectivity index (χ4n) is 3.74. The first-order valence-electron chi connectivity index (χ1n) is 10.0. The van der Waals surface area contributed by atoms with Crippen LogP contribution < -0.4 is 9.47 Å². The molecular formula is C23H18BrF2N3O4. The molecule has 0 aliphatic carbocycles. The number of alkyl halides is 2. The molecule has 0 amide bonds. The Labute approximate surface area is 195 Å². The molecule has 1 aliphatic heterocycles. The van der Waals surface area contributed by atoms with E-state index in [4.69, 9.17) is 4.42 Å². The highest BCUT2D eigenvalue weighted by molar-refractivity contribution is 9.10. The number of aryl methyl sites for hydroxylation is 2. The molecule has 1 atom stereocenters. The lowest BCUT2D eigenvalue weighted by Crippen LogP contribution is -2.25. The van der Waals surface area contributed by atoms with Crippen molar-refractivity contribution in [2.75, 3.05) is 0 Å². The van der Waals surface area contributed by atoms with Crippen molar-refractivity contribution in [3.63, 3.8) is 0 Å². The summed E-state index contributed by atoms with van der Waals surface area (Å²) in [6.45, 7) is 5.20. The minimum atomic E-state index is -3.71. The molecule has 33 heavy (non-hydrogen) atoms. The van der Waals surface area contributed by atoms with E-state index in [2.05, 4.69) is 35.4 Å². The minimum absolute atomic E-state index is 0.0515. The molecule has 0 spiro atoms. The van der Waals surface area contributed by atoms with E-state index in [1.807, 2.05) is 29.7 Å². The number of aromatic nitrogens is 3. The Morgan fingerprint density at radius 2 is 1.82 bits per heavy atom. The molecule has 7 nitrogen and oxygen atoms in total. The third-order valence-electron chi connectivity index (χ3n) is 5.20. The fraction of sp³-hybridized carbons (Fsp3) is 0.217. The monoisotopic (exact) mass is 517 g/mol. The lowest BCUT2D eigenvalue weighted by molar-refractivity contribution is -0.286. The van der Waals surface area contributed by atoms with E-state index in [0.717, 1.165) is 15.7 Å². The second kappa shape index (κ2) is 7.67. The van der Waals surface area contributed by atoms with Gasteiger partial charge >= 0.3 is 6.29 Å². The number of nitrogens with zero attached hydrogens (tertiary/aromatic N) is 3. The van der Waals surface area contributed by atoms with Gasteiger partial charge < -0.3 is 23.6 Å². The van der Waals surface area contributed by atoms with Crippen LogP contribution in [0.4, 0.5) is 8.78 Å². The van der Waals surface area contributed by atoms with Crippen LogP contribution in [0.25, 0.3) is 28.3 Å². The lowest BCUT2D eigenvalue weighted by Gasteiger charge is -2.12. The summed E-state index contributed by atoms with van der Waals surface area (Å²) in [5.41, 5.74) is 3.04. The molecular weight excluding hydrogens is 500 g/mol. The van der Waals surface area contributed by atoms with Crippen LogP contribution in [0.3, 0.4) is 0 Å². The summed E-state index contributed by atoms with van der Waals surface area (Å²) in [6, 6.07) is 10.1. The fourth-order valence-corrected chi connectivity index (χ4v) is 4.10. The molecule has 1 unspecified atom stereocenters. The predicted molar refractivity (Wildman–Crippen MR) is 119 cm³/mol. The summed E-state index contributed by atoms with van der Waals surface area (Å²) in [5.74, 6) is 1.34. The summed E-state index contributed by atoms with van der Waals surface area (Å²) in [5, 5.41) is 9.96. The first-order chi connectivity index (χ1) is 15.6. The van der Waals surface area contributed by atoms with Gasteiger partial charge in [-0.2, -0.15) is 0 Å². The Bertz CT molecular complexity index is 1380. The Kier molecular flexibility index (Phi) is 5.02. The maximum absolute atomic E-state index is 13.5. The van der Waals surface area contributed by atoms with Gasteiger partial charge in [0.25, 0.3) is 0 Å². The predicted octanol–water partition coefficient (Wildman–Crippen LogP) is 5.95. The van der Waals surface area contributed by atoms with Gasteiger partial charge in [0.2, 0.25) is 0 Å². The highest BCUT2D eigenvalue weighted by atomic mass is 79.9. The lowest BCUT2D eigenvalue weighted by atomic mass is 10.0. The van der Waals surface area contributed by atoms with Crippen molar-refractivity contribution in [1.82, 2.24) is 14.5 Å². The van der Waals surface area contributed by atoms with E-state index in [9.17, 15) is 13.9 Å². The van der Waals surface area contributed by atoms with Gasteiger partial charge in [-0.3, -0.25) is 0 Å². The van der Waals surface area contributed by atoms with Gasteiger partial charge in [-0.05, 0) is 50.2 Å². The van der Waals surface area contributed by atoms with Crippen molar-refractivity contribution in [1.29, 1.82) is 0 Å². The number of hydrogen-bond acceptors (Lipinski definition) is 6. The number of ether oxygens (including phenoxy) is 2. The van der Waals surface area contributed by atoms with Crippen LogP contribution in [0.1, 0.15) is 30.4 Å². The second-order valence-electron chi connectivity index (χ2n) is 7.66. The Morgan fingerprint density at radius 1 is 1.06 bits per heavy atom. The van der Waals surface area contributed by atoms with Gasteiger partial charge in [0.15, 0.2) is 23.1 Å². The molecule has 0 fully saturated rings. The Hall–Kier alpha value is -3.24. The molecule has 1 aliphatic rings. The zero-order chi connectivity index (χ0) is 23.5. The summed E-state index contributed by atoms with van der Waals surface area (Å²) in [4.78, 5) is 9.03. The molecule has 170 valence electrons. The van der Waals surface area contributed by atoms with E-state index in [1.165, 1.54) is 12.1 Å². The van der Waals surface area contributed by atoms with E-state index >= 15 is 0 Å². The molecule has 0 bridgehead atoms. The van der Waals surface area contributed by atoms with Crippen molar-refractivity contribution >= 4 is 15.9 Å². The van der Waals surface area contributed by atoms with Crippen molar-refractivity contribution in [2.24, 2.45) is 0 Å². The highest BCUT2D eigenvalue weighted by Crippen LogP contribution is 2.45. The van der Waals surface area contributed by atoms with Crippen molar-refractivity contribution < 1.29 is 27.8 Å². The van der Waals surface area contributed by atoms with E-state index in [0.29, 0.717) is 34.4 Å². The highest BCUT2D eigenvalue weighted by Gasteiger charge is 2.43. The number of imidazole rings is 1. The number of oxazole rings is 1. The summed E-state index contributed by atoms with van der Waals surface area (Å²) >= 11 is 3.51. The average molecular weight is 518 g/mol. The zero-order valence-corrected chi connectivity index (χ0v) is 19.4. The third kappa shape index (κ3) is 3.89. The normalized spacial score (nSPS) is 15.1. The number of aliphatic hydroxyl groups excluding tert-OH is 1. The molecule has 0 radical (unpaired) electrons. The van der Waals surface area contributed by atoms with Crippen LogP contribution in [-0.4, -0.2) is 25.9 Å². The first kappa shape index (κ1) is 21.6. The molecule has 2 aromatic heterocycles. The number of hydrogen-bond donors (Lipinski definition) is 1. The third-order valence-corrected chi connectivity index (χ3v) is 5.69. The first-order valence-corrected chi connectivity index (χ1v) is 10.8. The maximum atomic E-state index is 13.5. The van der Waals surface area contributed by atoms with Crippen LogP contribution in [-0.2, 0) is 0 Å². The molecule has 0 saturated carbocycles. The number of fused-ring (bicyclic) bond motifs is 1. The van der Waals surface area contributed by atoms with Crippen molar-refractivity contribution in [3.05, 3.63) is 64.5 Å². The largest absolute Gasteiger partial charge is 0.586 e. The maximum Gasteiger partial charge on any atom is 0.586 e. The Morgan fingerprint density at radius 3 is 2.55 bits per heavy atom. The average Bonchev–Trinajstić information content (AvgIpc) is 3.40. The molecule has 10 heteroatoms. The summed E-state index contributed by atoms with van der Waals surface area (Å²) in [6.07, 6.45) is -2.67. The second-order valence-corrected chi connectivity index (χ2v) is 8.58. The quantitative estimate of drug-likeness (QED) is 0.360. The van der Waals surface area contributed by atoms with Crippen LogP contribution in [0, 0.1) is 13.8 Å². The molecule has 0 saturated heterocycles.